The molecule has 9 nitrogen and oxygen atoms in total. The summed E-state index contributed by atoms with van der Waals surface area (Å²) in [7, 11) is 0. The number of carbonyl (C=O) groups excluding carboxylic acids is 3. The Labute approximate surface area is 153 Å². The van der Waals surface area contributed by atoms with E-state index in [-0.39, 0.29) is 24.0 Å². The molecule has 0 aliphatic carbocycles. The minimum Gasteiger partial charge on any atom is -0.467 e. The molecule has 2 amide bonds. The Morgan fingerprint density at radius 3 is 2.81 bits per heavy atom. The fourth-order valence-electron chi connectivity index (χ4n) is 1.85. The van der Waals surface area contributed by atoms with Crippen molar-refractivity contribution in [3.63, 3.8) is 0 Å². The zero-order valence-corrected chi connectivity index (χ0v) is 15.1. The van der Waals surface area contributed by atoms with E-state index in [1.165, 1.54) is 13.2 Å². The first-order chi connectivity index (χ1) is 12.4. The lowest BCUT2D eigenvalue weighted by atomic mass is 10.3. The van der Waals surface area contributed by atoms with E-state index in [1.807, 2.05) is 0 Å². The number of thioether (sulfide) groups is 1. The standard InChI is InChI=1S/C16H19N3O6S/c1-10-6-13(19-25-10)18-14(20)8-26-9-15(21)24-11(2)16(22)17-7-12-4-3-5-23-12/h3-6,11H,7-9H2,1-2H3,(H,17,22)(H,18,19,20)/t11-/m0/s1. The van der Waals surface area contributed by atoms with Gasteiger partial charge in [0.1, 0.15) is 11.5 Å². The third-order valence-corrected chi connectivity index (χ3v) is 3.95. The van der Waals surface area contributed by atoms with E-state index in [1.54, 1.807) is 25.1 Å². The van der Waals surface area contributed by atoms with Gasteiger partial charge in [0.15, 0.2) is 11.9 Å². The Morgan fingerprint density at radius 2 is 2.15 bits per heavy atom. The molecule has 2 aromatic heterocycles. The van der Waals surface area contributed by atoms with Gasteiger partial charge in [-0.05, 0) is 26.0 Å². The van der Waals surface area contributed by atoms with Crippen molar-refractivity contribution in [2.75, 3.05) is 16.8 Å². The molecule has 0 spiro atoms. The number of anilines is 1. The molecule has 1 atom stereocenters. The summed E-state index contributed by atoms with van der Waals surface area (Å²) >= 11 is 1.07. The maximum Gasteiger partial charge on any atom is 0.316 e. The largest absolute Gasteiger partial charge is 0.467 e. The lowest BCUT2D eigenvalue weighted by molar-refractivity contribution is -0.152. The van der Waals surface area contributed by atoms with Gasteiger partial charge in [0.2, 0.25) is 5.91 Å². The zero-order chi connectivity index (χ0) is 18.9. The van der Waals surface area contributed by atoms with Crippen LogP contribution in [-0.4, -0.2) is 40.6 Å². The summed E-state index contributed by atoms with van der Waals surface area (Å²) in [5.74, 6) is 0.148. The van der Waals surface area contributed by atoms with Crippen molar-refractivity contribution in [3.05, 3.63) is 36.0 Å². The quantitative estimate of drug-likeness (QED) is 0.626. The molecule has 140 valence electrons. The monoisotopic (exact) mass is 381 g/mol. The second kappa shape index (κ2) is 9.66. The van der Waals surface area contributed by atoms with E-state index in [2.05, 4.69) is 15.8 Å². The number of ether oxygens (including phenoxy) is 1. The number of hydrogen-bond donors (Lipinski definition) is 2. The van der Waals surface area contributed by atoms with Crippen molar-refractivity contribution in [2.45, 2.75) is 26.5 Å². The summed E-state index contributed by atoms with van der Waals surface area (Å²) in [5, 5.41) is 8.77. The van der Waals surface area contributed by atoms with Crippen molar-refractivity contribution in [1.29, 1.82) is 0 Å². The second-order valence-corrected chi connectivity index (χ2v) is 6.28. The van der Waals surface area contributed by atoms with Crippen LogP contribution in [-0.2, 0) is 25.7 Å². The molecule has 0 fully saturated rings. The van der Waals surface area contributed by atoms with E-state index in [9.17, 15) is 14.4 Å². The van der Waals surface area contributed by atoms with Gasteiger partial charge in [-0.15, -0.1) is 11.8 Å². The molecule has 0 aliphatic rings. The second-order valence-electron chi connectivity index (χ2n) is 5.29. The molecule has 2 rings (SSSR count). The number of nitrogens with one attached hydrogen (secondary N) is 2. The van der Waals surface area contributed by atoms with Crippen LogP contribution in [0.3, 0.4) is 0 Å². The van der Waals surface area contributed by atoms with E-state index >= 15 is 0 Å². The van der Waals surface area contributed by atoms with Gasteiger partial charge in [-0.2, -0.15) is 0 Å². The van der Waals surface area contributed by atoms with E-state index in [0.717, 1.165) is 11.8 Å². The van der Waals surface area contributed by atoms with Gasteiger partial charge in [-0.3, -0.25) is 14.4 Å². The van der Waals surface area contributed by atoms with Gasteiger partial charge >= 0.3 is 5.97 Å². The summed E-state index contributed by atoms with van der Waals surface area (Å²) in [6.45, 7) is 3.39. The number of rotatable bonds is 9. The van der Waals surface area contributed by atoms with Crippen molar-refractivity contribution >= 4 is 35.4 Å². The first-order valence-electron chi connectivity index (χ1n) is 7.74. The Hall–Kier alpha value is -2.75. The topological polar surface area (TPSA) is 124 Å². The average molecular weight is 381 g/mol. The summed E-state index contributed by atoms with van der Waals surface area (Å²) in [5.41, 5.74) is 0. The first-order valence-corrected chi connectivity index (χ1v) is 8.90. The number of esters is 1. The van der Waals surface area contributed by atoms with Crippen molar-refractivity contribution in [3.8, 4) is 0 Å². The number of nitrogens with zero attached hydrogens (tertiary/aromatic N) is 1. The van der Waals surface area contributed by atoms with Crippen LogP contribution < -0.4 is 10.6 Å². The average Bonchev–Trinajstić information content (AvgIpc) is 3.24. The SMILES string of the molecule is Cc1cc(NC(=O)CSCC(=O)O[C@@H](C)C(=O)NCc2ccco2)no1. The van der Waals surface area contributed by atoms with Gasteiger partial charge in [0.25, 0.3) is 5.91 Å². The molecule has 26 heavy (non-hydrogen) atoms. The number of amides is 2. The molecule has 2 heterocycles. The van der Waals surface area contributed by atoms with Gasteiger partial charge in [-0.25, -0.2) is 0 Å². The fourth-order valence-corrected chi connectivity index (χ4v) is 2.44. The van der Waals surface area contributed by atoms with Gasteiger partial charge in [0.05, 0.1) is 24.3 Å². The summed E-state index contributed by atoms with van der Waals surface area (Å²) in [6.07, 6.45) is 0.562. The summed E-state index contributed by atoms with van der Waals surface area (Å²) < 4.78 is 14.9. The van der Waals surface area contributed by atoms with Crippen LogP contribution in [0.5, 0.6) is 0 Å². The van der Waals surface area contributed by atoms with Crippen molar-refractivity contribution in [1.82, 2.24) is 10.5 Å². The highest BCUT2D eigenvalue weighted by Gasteiger charge is 2.18. The Bertz CT molecular complexity index is 743. The molecule has 0 radical (unpaired) electrons. The molecule has 0 aromatic carbocycles. The van der Waals surface area contributed by atoms with E-state index in [0.29, 0.717) is 17.3 Å². The number of aromatic nitrogens is 1. The molecular weight excluding hydrogens is 362 g/mol. The molecule has 0 aliphatic heterocycles. The van der Waals surface area contributed by atoms with Gasteiger partial charge < -0.3 is 24.3 Å². The van der Waals surface area contributed by atoms with E-state index in [4.69, 9.17) is 13.7 Å². The van der Waals surface area contributed by atoms with Gasteiger partial charge in [0, 0.05) is 6.07 Å². The third kappa shape index (κ3) is 6.63. The number of hydrogen-bond acceptors (Lipinski definition) is 8. The molecular formula is C16H19N3O6S. The highest BCUT2D eigenvalue weighted by atomic mass is 32.2. The maximum atomic E-state index is 11.8. The number of furan rings is 1. The lowest BCUT2D eigenvalue weighted by Gasteiger charge is -2.12. The predicted molar refractivity (Wildman–Crippen MR) is 93.3 cm³/mol. The molecule has 10 heteroatoms. The molecule has 2 aromatic rings. The summed E-state index contributed by atoms with van der Waals surface area (Å²) in [4.78, 5) is 35.3. The minimum absolute atomic E-state index is 0.0417. The minimum atomic E-state index is -0.940. The zero-order valence-electron chi connectivity index (χ0n) is 14.3. The molecule has 0 saturated carbocycles. The smallest absolute Gasteiger partial charge is 0.316 e. The first kappa shape index (κ1) is 19.6. The van der Waals surface area contributed by atoms with Crippen LogP contribution in [0.2, 0.25) is 0 Å². The predicted octanol–water partition coefficient (Wildman–Crippen LogP) is 1.50. The maximum absolute atomic E-state index is 11.8. The van der Waals surface area contributed by atoms with Crippen LogP contribution >= 0.6 is 11.8 Å². The normalized spacial score (nSPS) is 11.6. The third-order valence-electron chi connectivity index (χ3n) is 3.04. The Kier molecular flexibility index (Phi) is 7.27. The molecule has 0 bridgehead atoms. The van der Waals surface area contributed by atoms with Gasteiger partial charge in [-0.1, -0.05) is 5.16 Å². The van der Waals surface area contributed by atoms with Crippen LogP contribution in [0.1, 0.15) is 18.4 Å². The summed E-state index contributed by atoms with van der Waals surface area (Å²) in [6, 6.07) is 5.01. The van der Waals surface area contributed by atoms with Crippen LogP contribution in [0.4, 0.5) is 5.82 Å². The Morgan fingerprint density at radius 1 is 1.35 bits per heavy atom. The van der Waals surface area contributed by atoms with Crippen LogP contribution in [0, 0.1) is 6.92 Å². The highest BCUT2D eigenvalue weighted by Crippen LogP contribution is 2.09. The van der Waals surface area contributed by atoms with E-state index < -0.39 is 18.0 Å². The molecule has 2 N–H and O–H groups in total. The van der Waals surface area contributed by atoms with Crippen LogP contribution in [0.15, 0.2) is 33.4 Å². The van der Waals surface area contributed by atoms with Crippen molar-refractivity contribution < 1.29 is 28.1 Å². The fraction of sp³-hybridized carbons (Fsp3) is 0.375. The van der Waals surface area contributed by atoms with Crippen LogP contribution in [0.25, 0.3) is 0 Å². The molecule has 0 unspecified atom stereocenters. The van der Waals surface area contributed by atoms with Crippen molar-refractivity contribution in [2.24, 2.45) is 0 Å². The number of carbonyl (C=O) groups is 3. The number of aryl methyl sites for hydroxylation is 1. The Balaban J connectivity index is 1.61. The molecule has 0 saturated heterocycles. The highest BCUT2D eigenvalue weighted by molar-refractivity contribution is 8.00. The lowest BCUT2D eigenvalue weighted by Crippen LogP contribution is -2.35.